The lowest BCUT2D eigenvalue weighted by Gasteiger charge is -2.27. The van der Waals surface area contributed by atoms with Gasteiger partial charge in [0.2, 0.25) is 0 Å². The Kier molecular flexibility index (Phi) is 5.54. The quantitative estimate of drug-likeness (QED) is 0.707. The molecule has 108 valence electrons. The molecule has 0 amide bonds. The van der Waals surface area contributed by atoms with Crippen molar-refractivity contribution in [3.8, 4) is 0 Å². The zero-order chi connectivity index (χ0) is 14.5. The Bertz CT molecular complexity index is 404. The van der Waals surface area contributed by atoms with Gasteiger partial charge in [0.25, 0.3) is 0 Å². The normalized spacial score (nSPS) is 11.7. The molecular formula is C14H26N4O. The number of nitrogens with one attached hydrogen (secondary N) is 2. The van der Waals surface area contributed by atoms with Crippen LogP contribution in [-0.4, -0.2) is 33.8 Å². The van der Waals surface area contributed by atoms with Crippen molar-refractivity contribution >= 4 is 11.6 Å². The summed E-state index contributed by atoms with van der Waals surface area (Å²) in [6.45, 7) is 11.2. The van der Waals surface area contributed by atoms with E-state index in [9.17, 15) is 5.11 Å². The molecule has 0 saturated carbocycles. The Balaban J connectivity index is 3.09. The molecule has 19 heavy (non-hydrogen) atoms. The van der Waals surface area contributed by atoms with E-state index in [-0.39, 0.29) is 6.61 Å². The van der Waals surface area contributed by atoms with Gasteiger partial charge in [0.1, 0.15) is 18.0 Å². The van der Waals surface area contributed by atoms with Gasteiger partial charge in [0.05, 0.1) is 12.1 Å². The monoisotopic (exact) mass is 266 g/mol. The first-order valence-electron chi connectivity index (χ1n) is 6.89. The Morgan fingerprint density at radius 2 is 1.89 bits per heavy atom. The molecule has 1 aromatic heterocycles. The lowest BCUT2D eigenvalue weighted by molar-refractivity contribution is 0.233. The Morgan fingerprint density at radius 3 is 2.42 bits per heavy atom. The molecule has 1 rings (SSSR count). The number of aliphatic hydroxyl groups excluding tert-OH is 1. The lowest BCUT2D eigenvalue weighted by Crippen LogP contribution is -2.36. The number of hydrogen-bond donors (Lipinski definition) is 3. The second kappa shape index (κ2) is 6.70. The number of nitrogens with zero attached hydrogens (tertiary/aromatic N) is 2. The van der Waals surface area contributed by atoms with Crippen LogP contribution in [0.4, 0.5) is 11.6 Å². The highest BCUT2D eigenvalue weighted by Gasteiger charge is 2.21. The van der Waals surface area contributed by atoms with Gasteiger partial charge in [0.15, 0.2) is 0 Å². The second-order valence-corrected chi connectivity index (χ2v) is 5.73. The summed E-state index contributed by atoms with van der Waals surface area (Å²) < 4.78 is 0. The van der Waals surface area contributed by atoms with E-state index in [1.165, 1.54) is 0 Å². The van der Waals surface area contributed by atoms with Crippen LogP contribution in [0.1, 0.15) is 52.5 Å². The maximum absolute atomic E-state index is 9.37. The standard InChI is InChI=1S/C14H26N4O/c1-6-7-15-12-11(10(2)3)13(17-9-16-12)18-14(4,5)8-19/h9-10,19H,6-8H2,1-5H3,(H2,15,16,17,18). The lowest BCUT2D eigenvalue weighted by atomic mass is 10.0. The van der Waals surface area contributed by atoms with Crippen molar-refractivity contribution in [2.24, 2.45) is 0 Å². The van der Waals surface area contributed by atoms with Crippen LogP contribution in [0.5, 0.6) is 0 Å². The van der Waals surface area contributed by atoms with Gasteiger partial charge < -0.3 is 15.7 Å². The third-order valence-corrected chi connectivity index (χ3v) is 2.86. The molecule has 0 aliphatic rings. The first-order valence-corrected chi connectivity index (χ1v) is 6.89. The Morgan fingerprint density at radius 1 is 1.26 bits per heavy atom. The predicted octanol–water partition coefficient (Wildman–Crippen LogP) is 2.60. The van der Waals surface area contributed by atoms with Crippen LogP contribution in [0.2, 0.25) is 0 Å². The molecule has 5 nitrogen and oxygen atoms in total. The van der Waals surface area contributed by atoms with E-state index in [0.29, 0.717) is 5.92 Å². The van der Waals surface area contributed by atoms with Gasteiger partial charge in [-0.1, -0.05) is 20.8 Å². The van der Waals surface area contributed by atoms with E-state index in [4.69, 9.17) is 0 Å². The molecule has 0 aliphatic carbocycles. The van der Waals surface area contributed by atoms with E-state index in [1.807, 2.05) is 13.8 Å². The fraction of sp³-hybridized carbons (Fsp3) is 0.714. The van der Waals surface area contributed by atoms with Gasteiger partial charge in [-0.3, -0.25) is 0 Å². The first-order chi connectivity index (χ1) is 8.91. The van der Waals surface area contributed by atoms with Crippen LogP contribution < -0.4 is 10.6 Å². The zero-order valence-electron chi connectivity index (χ0n) is 12.6. The summed E-state index contributed by atoms with van der Waals surface area (Å²) in [5.74, 6) is 1.98. The molecule has 0 aromatic carbocycles. The van der Waals surface area contributed by atoms with Crippen LogP contribution in [0.15, 0.2) is 6.33 Å². The van der Waals surface area contributed by atoms with Crippen molar-refractivity contribution in [3.63, 3.8) is 0 Å². The molecule has 5 heteroatoms. The highest BCUT2D eigenvalue weighted by molar-refractivity contribution is 5.59. The summed E-state index contributed by atoms with van der Waals surface area (Å²) in [5.41, 5.74) is 0.664. The minimum Gasteiger partial charge on any atom is -0.394 e. The number of anilines is 2. The molecule has 0 spiro atoms. The van der Waals surface area contributed by atoms with Gasteiger partial charge in [-0.25, -0.2) is 9.97 Å². The fourth-order valence-electron chi connectivity index (χ4n) is 1.79. The van der Waals surface area contributed by atoms with Crippen molar-refractivity contribution in [2.45, 2.75) is 52.5 Å². The maximum atomic E-state index is 9.37. The molecule has 0 aliphatic heterocycles. The van der Waals surface area contributed by atoms with Crippen molar-refractivity contribution in [2.75, 3.05) is 23.8 Å². The van der Waals surface area contributed by atoms with Gasteiger partial charge >= 0.3 is 0 Å². The van der Waals surface area contributed by atoms with Gasteiger partial charge in [0, 0.05) is 12.1 Å². The summed E-state index contributed by atoms with van der Waals surface area (Å²) >= 11 is 0. The van der Waals surface area contributed by atoms with E-state index < -0.39 is 5.54 Å². The Labute approximate surface area is 115 Å². The third-order valence-electron chi connectivity index (χ3n) is 2.86. The molecule has 0 radical (unpaired) electrons. The number of rotatable bonds is 7. The van der Waals surface area contributed by atoms with Crippen LogP contribution in [0.25, 0.3) is 0 Å². The van der Waals surface area contributed by atoms with E-state index in [0.717, 1.165) is 30.2 Å². The molecular weight excluding hydrogens is 240 g/mol. The minimum atomic E-state index is -0.403. The molecule has 3 N–H and O–H groups in total. The van der Waals surface area contributed by atoms with Crippen LogP contribution in [-0.2, 0) is 0 Å². The number of aromatic nitrogens is 2. The van der Waals surface area contributed by atoms with Crippen molar-refractivity contribution in [3.05, 3.63) is 11.9 Å². The average molecular weight is 266 g/mol. The van der Waals surface area contributed by atoms with Crippen molar-refractivity contribution in [1.82, 2.24) is 9.97 Å². The summed E-state index contributed by atoms with van der Waals surface area (Å²) in [7, 11) is 0. The predicted molar refractivity (Wildman–Crippen MR) is 79.7 cm³/mol. The molecule has 0 atom stereocenters. The molecule has 1 heterocycles. The van der Waals surface area contributed by atoms with E-state index in [2.05, 4.69) is 41.4 Å². The topological polar surface area (TPSA) is 70.1 Å². The van der Waals surface area contributed by atoms with Gasteiger partial charge in [-0.05, 0) is 26.2 Å². The number of aliphatic hydroxyl groups is 1. The largest absolute Gasteiger partial charge is 0.394 e. The van der Waals surface area contributed by atoms with Crippen LogP contribution in [0, 0.1) is 0 Å². The smallest absolute Gasteiger partial charge is 0.135 e. The minimum absolute atomic E-state index is 0.0479. The molecule has 0 bridgehead atoms. The fourth-order valence-corrected chi connectivity index (χ4v) is 1.79. The first kappa shape index (κ1) is 15.7. The molecule has 0 saturated heterocycles. The average Bonchev–Trinajstić information content (AvgIpc) is 2.35. The van der Waals surface area contributed by atoms with Crippen LogP contribution >= 0.6 is 0 Å². The summed E-state index contributed by atoms with van der Waals surface area (Å²) in [6.07, 6.45) is 2.60. The van der Waals surface area contributed by atoms with Crippen molar-refractivity contribution < 1.29 is 5.11 Å². The molecule has 0 unspecified atom stereocenters. The van der Waals surface area contributed by atoms with E-state index >= 15 is 0 Å². The van der Waals surface area contributed by atoms with Crippen molar-refractivity contribution in [1.29, 1.82) is 0 Å². The van der Waals surface area contributed by atoms with Gasteiger partial charge in [-0.2, -0.15) is 0 Å². The Hall–Kier alpha value is -1.36. The molecule has 1 aromatic rings. The SMILES string of the molecule is CCCNc1ncnc(NC(C)(C)CO)c1C(C)C. The van der Waals surface area contributed by atoms with Crippen LogP contribution in [0.3, 0.4) is 0 Å². The summed E-state index contributed by atoms with van der Waals surface area (Å²) in [5, 5.41) is 16.0. The highest BCUT2D eigenvalue weighted by atomic mass is 16.3. The zero-order valence-corrected chi connectivity index (χ0v) is 12.6. The number of hydrogen-bond acceptors (Lipinski definition) is 5. The summed E-state index contributed by atoms with van der Waals surface area (Å²) in [4.78, 5) is 8.66. The third kappa shape index (κ3) is 4.35. The second-order valence-electron chi connectivity index (χ2n) is 5.73. The summed E-state index contributed by atoms with van der Waals surface area (Å²) in [6, 6.07) is 0. The van der Waals surface area contributed by atoms with E-state index in [1.54, 1.807) is 6.33 Å². The van der Waals surface area contributed by atoms with Gasteiger partial charge in [-0.15, -0.1) is 0 Å². The maximum Gasteiger partial charge on any atom is 0.135 e. The highest BCUT2D eigenvalue weighted by Crippen LogP contribution is 2.29. The molecule has 0 fully saturated rings.